The van der Waals surface area contributed by atoms with E-state index in [2.05, 4.69) is 24.3 Å². The van der Waals surface area contributed by atoms with Gasteiger partial charge in [0.15, 0.2) is 0 Å². The van der Waals surface area contributed by atoms with E-state index in [-0.39, 0.29) is 0 Å². The maximum atomic E-state index is 6.35. The van der Waals surface area contributed by atoms with E-state index in [4.69, 9.17) is 11.6 Å². The zero-order valence-corrected chi connectivity index (χ0v) is 12.4. The number of aryl methyl sites for hydroxylation is 2. The molecule has 0 aliphatic heterocycles. The number of aromatic nitrogens is 2. The summed E-state index contributed by atoms with van der Waals surface area (Å²) >= 11 is 6.35. The predicted molar refractivity (Wildman–Crippen MR) is 75.9 cm³/mol. The van der Waals surface area contributed by atoms with E-state index < -0.39 is 0 Å². The van der Waals surface area contributed by atoms with Crippen LogP contribution in [-0.4, -0.2) is 15.8 Å². The highest BCUT2D eigenvalue weighted by atomic mass is 35.5. The minimum absolute atomic E-state index is 0.643. The van der Waals surface area contributed by atoms with Crippen molar-refractivity contribution in [2.75, 3.05) is 0 Å². The average Bonchev–Trinajstić information content (AvgIpc) is 2.62. The summed E-state index contributed by atoms with van der Waals surface area (Å²) < 4.78 is 1.92. The van der Waals surface area contributed by atoms with Crippen LogP contribution in [0.25, 0.3) is 0 Å². The highest BCUT2D eigenvalue weighted by Gasteiger charge is 2.20. The lowest BCUT2D eigenvalue weighted by atomic mass is 9.87. The Morgan fingerprint density at radius 1 is 1.44 bits per heavy atom. The highest BCUT2D eigenvalue weighted by molar-refractivity contribution is 6.31. The fourth-order valence-corrected chi connectivity index (χ4v) is 3.23. The van der Waals surface area contributed by atoms with Gasteiger partial charge in [-0.2, -0.15) is 5.10 Å². The van der Waals surface area contributed by atoms with Crippen LogP contribution in [0.15, 0.2) is 0 Å². The van der Waals surface area contributed by atoms with E-state index in [1.54, 1.807) is 0 Å². The standard InChI is InChI=1S/C14H24ClN3/c1-4-12-14(15)13(18(3)17-12)9-16-11-7-5-6-10(2)8-11/h10-11,16H,4-9H2,1-3H3. The first kappa shape index (κ1) is 13.9. The third kappa shape index (κ3) is 3.07. The molecule has 1 aromatic rings. The number of rotatable bonds is 4. The van der Waals surface area contributed by atoms with Gasteiger partial charge in [-0.25, -0.2) is 0 Å². The smallest absolute Gasteiger partial charge is 0.0863 e. The molecule has 0 saturated heterocycles. The van der Waals surface area contributed by atoms with Crippen LogP contribution in [0.2, 0.25) is 5.02 Å². The van der Waals surface area contributed by atoms with Crippen LogP contribution in [0.5, 0.6) is 0 Å². The lowest BCUT2D eigenvalue weighted by Gasteiger charge is -2.27. The summed E-state index contributed by atoms with van der Waals surface area (Å²) in [5, 5.41) is 8.94. The molecule has 1 saturated carbocycles. The van der Waals surface area contributed by atoms with Crippen molar-refractivity contribution < 1.29 is 0 Å². The molecule has 3 nitrogen and oxygen atoms in total. The van der Waals surface area contributed by atoms with E-state index in [1.165, 1.54) is 25.7 Å². The molecule has 0 spiro atoms. The molecular formula is C14H24ClN3. The second-order valence-corrected chi connectivity index (χ2v) is 5.91. The van der Waals surface area contributed by atoms with Gasteiger partial charge in [-0.1, -0.05) is 38.3 Å². The molecule has 4 heteroatoms. The minimum atomic E-state index is 0.643. The first-order valence-corrected chi connectivity index (χ1v) is 7.43. The first-order valence-electron chi connectivity index (χ1n) is 7.05. The van der Waals surface area contributed by atoms with Gasteiger partial charge in [0.2, 0.25) is 0 Å². The predicted octanol–water partition coefficient (Wildman–Crippen LogP) is 3.30. The molecule has 102 valence electrons. The van der Waals surface area contributed by atoms with Crippen molar-refractivity contribution in [3.63, 3.8) is 0 Å². The number of nitrogens with zero attached hydrogens (tertiary/aromatic N) is 2. The molecule has 0 amide bonds. The molecular weight excluding hydrogens is 246 g/mol. The van der Waals surface area contributed by atoms with Gasteiger partial charge in [0.05, 0.1) is 16.4 Å². The molecule has 0 radical (unpaired) electrons. The Kier molecular flexibility index (Phi) is 4.68. The van der Waals surface area contributed by atoms with E-state index in [9.17, 15) is 0 Å². The molecule has 2 atom stereocenters. The Morgan fingerprint density at radius 3 is 2.83 bits per heavy atom. The van der Waals surface area contributed by atoms with E-state index >= 15 is 0 Å². The van der Waals surface area contributed by atoms with Crippen LogP contribution in [0.4, 0.5) is 0 Å². The van der Waals surface area contributed by atoms with Crippen molar-refractivity contribution in [1.82, 2.24) is 15.1 Å². The Labute approximate surface area is 115 Å². The van der Waals surface area contributed by atoms with E-state index in [1.807, 2.05) is 11.7 Å². The van der Waals surface area contributed by atoms with Gasteiger partial charge in [0, 0.05) is 19.6 Å². The summed E-state index contributed by atoms with van der Waals surface area (Å²) in [6.45, 7) is 5.27. The summed E-state index contributed by atoms with van der Waals surface area (Å²) in [5.41, 5.74) is 2.12. The zero-order valence-electron chi connectivity index (χ0n) is 11.7. The summed E-state index contributed by atoms with van der Waals surface area (Å²) in [4.78, 5) is 0. The maximum Gasteiger partial charge on any atom is 0.0863 e. The van der Waals surface area contributed by atoms with Crippen molar-refractivity contribution in [2.45, 2.75) is 58.5 Å². The normalized spacial score (nSPS) is 24.4. The van der Waals surface area contributed by atoms with Gasteiger partial charge in [-0.15, -0.1) is 0 Å². The van der Waals surface area contributed by atoms with Crippen molar-refractivity contribution in [2.24, 2.45) is 13.0 Å². The average molecular weight is 270 g/mol. The van der Waals surface area contributed by atoms with Crippen LogP contribution in [0.1, 0.15) is 50.9 Å². The number of hydrogen-bond acceptors (Lipinski definition) is 2. The zero-order chi connectivity index (χ0) is 13.1. The monoisotopic (exact) mass is 269 g/mol. The Morgan fingerprint density at radius 2 is 2.22 bits per heavy atom. The Hall–Kier alpha value is -0.540. The van der Waals surface area contributed by atoms with Gasteiger partial charge in [-0.3, -0.25) is 4.68 Å². The molecule has 18 heavy (non-hydrogen) atoms. The maximum absolute atomic E-state index is 6.35. The van der Waals surface area contributed by atoms with Crippen LogP contribution in [0.3, 0.4) is 0 Å². The molecule has 2 rings (SSSR count). The summed E-state index contributed by atoms with van der Waals surface area (Å²) in [6.07, 6.45) is 6.20. The SMILES string of the molecule is CCc1nn(C)c(CNC2CCCC(C)C2)c1Cl. The molecule has 0 bridgehead atoms. The van der Waals surface area contributed by atoms with Crippen molar-refractivity contribution in [3.8, 4) is 0 Å². The van der Waals surface area contributed by atoms with Crippen molar-refractivity contribution in [3.05, 3.63) is 16.4 Å². The Bertz CT molecular complexity index is 400. The lowest BCUT2D eigenvalue weighted by Crippen LogP contribution is -2.33. The summed E-state index contributed by atoms with van der Waals surface area (Å²) in [6, 6.07) is 0.643. The largest absolute Gasteiger partial charge is 0.308 e. The molecule has 2 unspecified atom stereocenters. The number of halogens is 1. The second kappa shape index (κ2) is 6.07. The lowest BCUT2D eigenvalue weighted by molar-refractivity contribution is 0.299. The molecule has 0 aromatic carbocycles. The van der Waals surface area contributed by atoms with Gasteiger partial charge < -0.3 is 5.32 Å². The van der Waals surface area contributed by atoms with Gasteiger partial charge in [0.1, 0.15) is 0 Å². The second-order valence-electron chi connectivity index (χ2n) is 5.53. The van der Waals surface area contributed by atoms with Crippen LogP contribution < -0.4 is 5.32 Å². The Balaban J connectivity index is 1.95. The van der Waals surface area contributed by atoms with Crippen LogP contribution in [0, 0.1) is 5.92 Å². The quantitative estimate of drug-likeness (QED) is 0.909. The van der Waals surface area contributed by atoms with Crippen LogP contribution in [-0.2, 0) is 20.0 Å². The molecule has 1 N–H and O–H groups in total. The fraction of sp³-hybridized carbons (Fsp3) is 0.786. The summed E-state index contributed by atoms with van der Waals surface area (Å²) in [7, 11) is 1.98. The van der Waals surface area contributed by atoms with E-state index in [0.29, 0.717) is 6.04 Å². The van der Waals surface area contributed by atoms with Crippen molar-refractivity contribution >= 4 is 11.6 Å². The minimum Gasteiger partial charge on any atom is -0.308 e. The third-order valence-electron chi connectivity index (χ3n) is 4.00. The van der Waals surface area contributed by atoms with Crippen LogP contribution >= 0.6 is 11.6 Å². The molecule has 1 aliphatic rings. The highest BCUT2D eigenvalue weighted by Crippen LogP contribution is 2.25. The molecule has 1 aromatic heterocycles. The summed E-state index contributed by atoms with van der Waals surface area (Å²) in [5.74, 6) is 0.851. The topological polar surface area (TPSA) is 29.9 Å². The van der Waals surface area contributed by atoms with Gasteiger partial charge >= 0.3 is 0 Å². The molecule has 1 fully saturated rings. The van der Waals surface area contributed by atoms with Gasteiger partial charge in [0.25, 0.3) is 0 Å². The van der Waals surface area contributed by atoms with E-state index in [0.717, 1.165) is 35.3 Å². The van der Waals surface area contributed by atoms with Gasteiger partial charge in [-0.05, 0) is 25.2 Å². The molecule has 1 aliphatic carbocycles. The first-order chi connectivity index (χ1) is 8.61. The number of hydrogen-bond donors (Lipinski definition) is 1. The molecule has 1 heterocycles. The van der Waals surface area contributed by atoms with Crippen molar-refractivity contribution in [1.29, 1.82) is 0 Å². The third-order valence-corrected chi connectivity index (χ3v) is 4.43. The number of nitrogens with one attached hydrogen (secondary N) is 1. The fourth-order valence-electron chi connectivity index (χ4n) is 2.87.